The Morgan fingerprint density at radius 2 is 1.66 bits per heavy atom. The summed E-state index contributed by atoms with van der Waals surface area (Å²) in [7, 11) is 1.14. The van der Waals surface area contributed by atoms with E-state index >= 15 is 0 Å². The number of hydrogen-bond acceptors (Lipinski definition) is 2. The maximum absolute atomic E-state index is 14.3. The number of anilines is 2. The fraction of sp³-hybridized carbons (Fsp3) is 0.111. The maximum atomic E-state index is 14.3. The Hall–Kier alpha value is -3.01. The van der Waals surface area contributed by atoms with Gasteiger partial charge in [0, 0.05) is 24.2 Å². The van der Waals surface area contributed by atoms with Gasteiger partial charge in [-0.1, -0.05) is 29.8 Å². The van der Waals surface area contributed by atoms with Crippen LogP contribution in [0.2, 0.25) is 5.15 Å². The van der Waals surface area contributed by atoms with Gasteiger partial charge in [-0.05, 0) is 12.1 Å². The van der Waals surface area contributed by atoms with Gasteiger partial charge in [-0.15, -0.1) is 0 Å². The number of amides is 1. The van der Waals surface area contributed by atoms with Gasteiger partial charge in [0.25, 0.3) is 0 Å². The Balaban J connectivity index is 2.28. The first-order chi connectivity index (χ1) is 13.6. The zero-order valence-electron chi connectivity index (χ0n) is 14.4. The number of nitrogens with zero attached hydrogens (tertiary/aromatic N) is 3. The van der Waals surface area contributed by atoms with Crippen molar-refractivity contribution in [3.8, 4) is 11.1 Å². The molecule has 0 N–H and O–H groups in total. The smallest absolute Gasteiger partial charge is 0.278 e. The molecule has 0 atom stereocenters. The van der Waals surface area contributed by atoms with E-state index in [0.29, 0.717) is 17.0 Å². The van der Waals surface area contributed by atoms with E-state index in [-0.39, 0.29) is 17.7 Å². The average Bonchev–Trinajstić information content (AvgIpc) is 2.95. The zero-order valence-corrected chi connectivity index (χ0v) is 15.2. The minimum Gasteiger partial charge on any atom is -0.278 e. The highest BCUT2D eigenvalue weighted by atomic mass is 35.5. The molecule has 0 bridgehead atoms. The van der Waals surface area contributed by atoms with Crippen LogP contribution in [0, 0.1) is 17.5 Å². The van der Waals surface area contributed by atoms with E-state index < -0.39 is 45.7 Å². The van der Waals surface area contributed by atoms with Crippen LogP contribution in [0.4, 0.5) is 37.7 Å². The molecule has 0 saturated heterocycles. The Kier molecular flexibility index (Phi) is 5.31. The van der Waals surface area contributed by atoms with E-state index in [1.807, 2.05) is 0 Å². The van der Waals surface area contributed by atoms with Crippen LogP contribution in [0.15, 0.2) is 36.4 Å². The van der Waals surface area contributed by atoms with E-state index in [0.717, 1.165) is 11.7 Å². The van der Waals surface area contributed by atoms with Crippen LogP contribution >= 0.6 is 11.6 Å². The van der Waals surface area contributed by atoms with Crippen molar-refractivity contribution in [1.82, 2.24) is 9.78 Å². The first-order valence-electron chi connectivity index (χ1n) is 7.84. The van der Waals surface area contributed by atoms with E-state index in [2.05, 4.69) is 5.10 Å². The normalized spacial score (nSPS) is 11.6. The van der Waals surface area contributed by atoms with E-state index in [1.165, 1.54) is 24.3 Å². The van der Waals surface area contributed by atoms with Gasteiger partial charge in [0.2, 0.25) is 6.41 Å². The van der Waals surface area contributed by atoms with Crippen molar-refractivity contribution in [1.29, 1.82) is 0 Å². The second-order valence-electron chi connectivity index (χ2n) is 5.85. The van der Waals surface area contributed by atoms with Crippen LogP contribution in [0.3, 0.4) is 0 Å². The summed E-state index contributed by atoms with van der Waals surface area (Å²) in [4.78, 5) is 12.3. The van der Waals surface area contributed by atoms with Gasteiger partial charge in [0.1, 0.15) is 11.5 Å². The molecule has 1 heterocycles. The zero-order chi connectivity index (χ0) is 21.5. The number of rotatable bonds is 4. The summed E-state index contributed by atoms with van der Waals surface area (Å²) < 4.78 is 82.2. The molecule has 3 rings (SSSR count). The minimum absolute atomic E-state index is 0.0365. The number of aryl methyl sites for hydroxylation is 1. The Morgan fingerprint density at radius 1 is 1.03 bits per heavy atom. The fourth-order valence-corrected chi connectivity index (χ4v) is 2.99. The summed E-state index contributed by atoms with van der Waals surface area (Å²) >= 11 is 5.94. The van der Waals surface area contributed by atoms with E-state index in [1.54, 1.807) is 0 Å². The third-order valence-electron chi connectivity index (χ3n) is 4.03. The molecule has 2 aromatic carbocycles. The molecule has 11 heteroatoms. The summed E-state index contributed by atoms with van der Waals surface area (Å²) in [5, 5.41) is 2.79. The van der Waals surface area contributed by atoms with Crippen LogP contribution < -0.4 is 4.90 Å². The lowest BCUT2D eigenvalue weighted by molar-refractivity contribution is -0.140. The van der Waals surface area contributed by atoms with Crippen LogP contribution in [0.25, 0.3) is 11.1 Å². The Bertz CT molecular complexity index is 1100. The lowest BCUT2D eigenvalue weighted by Gasteiger charge is -2.22. The van der Waals surface area contributed by atoms with Crippen LogP contribution in [-0.4, -0.2) is 16.2 Å². The summed E-state index contributed by atoms with van der Waals surface area (Å²) in [6.07, 6.45) is -4.92. The molecule has 152 valence electrons. The monoisotopic (exact) mass is 433 g/mol. The van der Waals surface area contributed by atoms with Gasteiger partial charge in [0.15, 0.2) is 22.5 Å². The molecule has 1 aromatic heterocycles. The van der Waals surface area contributed by atoms with Crippen molar-refractivity contribution >= 4 is 29.4 Å². The highest BCUT2D eigenvalue weighted by molar-refractivity contribution is 6.33. The molecule has 4 nitrogen and oxygen atoms in total. The standard InChI is InChI=1S/C18H10ClF6N3O/c1-27-17(19)15(16(26-27)18(23,24)25)28(8-29)14-5-3-2-4-9(14)10-6-12(21)13(22)7-11(10)20/h2-8H,1H3. The van der Waals surface area contributed by atoms with Gasteiger partial charge in [-0.3, -0.25) is 14.4 Å². The van der Waals surface area contributed by atoms with Crippen molar-refractivity contribution in [2.45, 2.75) is 6.18 Å². The number of aromatic nitrogens is 2. The molecule has 3 aromatic rings. The number of para-hydroxylation sites is 1. The molecule has 0 saturated carbocycles. The second-order valence-corrected chi connectivity index (χ2v) is 6.21. The summed E-state index contributed by atoms with van der Waals surface area (Å²) in [5.41, 5.74) is -3.10. The van der Waals surface area contributed by atoms with Gasteiger partial charge in [-0.25, -0.2) is 13.2 Å². The maximum Gasteiger partial charge on any atom is 0.437 e. The number of alkyl halides is 3. The quantitative estimate of drug-likeness (QED) is 0.311. The van der Waals surface area contributed by atoms with Crippen molar-refractivity contribution < 1.29 is 31.1 Å². The largest absolute Gasteiger partial charge is 0.437 e. The molecule has 1 amide bonds. The van der Waals surface area contributed by atoms with E-state index in [4.69, 9.17) is 11.6 Å². The highest BCUT2D eigenvalue weighted by Gasteiger charge is 2.41. The topological polar surface area (TPSA) is 38.1 Å². The minimum atomic E-state index is -4.95. The third-order valence-corrected chi connectivity index (χ3v) is 4.46. The molecule has 29 heavy (non-hydrogen) atoms. The summed E-state index contributed by atoms with van der Waals surface area (Å²) in [6.45, 7) is 0. The SMILES string of the molecule is Cn1nc(C(F)(F)F)c(N(C=O)c2ccccc2-c2cc(F)c(F)cc2F)c1Cl. The molecule has 0 aliphatic rings. The molecule has 0 unspecified atom stereocenters. The van der Waals surface area contributed by atoms with Crippen LogP contribution in [0.5, 0.6) is 0 Å². The van der Waals surface area contributed by atoms with Crippen LogP contribution in [-0.2, 0) is 18.0 Å². The van der Waals surface area contributed by atoms with Crippen molar-refractivity contribution in [3.05, 3.63) is 64.7 Å². The fourth-order valence-electron chi connectivity index (χ4n) is 2.77. The molecular formula is C18H10ClF6N3O. The summed E-state index contributed by atoms with van der Waals surface area (Å²) in [5.74, 6) is -3.98. The second kappa shape index (κ2) is 7.43. The van der Waals surface area contributed by atoms with Crippen molar-refractivity contribution in [2.75, 3.05) is 4.90 Å². The lowest BCUT2D eigenvalue weighted by Crippen LogP contribution is -2.19. The first-order valence-corrected chi connectivity index (χ1v) is 8.22. The Labute approximate surface area is 164 Å². The number of halogens is 7. The lowest BCUT2D eigenvalue weighted by atomic mass is 10.0. The first kappa shape index (κ1) is 20.7. The van der Waals surface area contributed by atoms with Crippen LogP contribution in [0.1, 0.15) is 5.69 Å². The molecule has 0 aliphatic heterocycles. The average molecular weight is 434 g/mol. The predicted octanol–water partition coefficient (Wildman–Crippen LogP) is 5.47. The van der Waals surface area contributed by atoms with Gasteiger partial charge < -0.3 is 0 Å². The molecule has 0 fully saturated rings. The van der Waals surface area contributed by atoms with Crippen molar-refractivity contribution in [3.63, 3.8) is 0 Å². The number of benzene rings is 2. The Morgan fingerprint density at radius 3 is 2.28 bits per heavy atom. The molecular weight excluding hydrogens is 424 g/mol. The molecule has 0 aliphatic carbocycles. The van der Waals surface area contributed by atoms with Gasteiger partial charge in [-0.2, -0.15) is 18.3 Å². The molecule has 0 radical (unpaired) electrons. The van der Waals surface area contributed by atoms with Gasteiger partial charge >= 0.3 is 6.18 Å². The third kappa shape index (κ3) is 3.67. The number of carbonyl (C=O) groups is 1. The predicted molar refractivity (Wildman–Crippen MR) is 93.2 cm³/mol. The number of carbonyl (C=O) groups excluding carboxylic acids is 1. The highest BCUT2D eigenvalue weighted by Crippen LogP contribution is 2.44. The van der Waals surface area contributed by atoms with Crippen molar-refractivity contribution in [2.24, 2.45) is 7.05 Å². The summed E-state index contributed by atoms with van der Waals surface area (Å²) in [6, 6.07) is 6.03. The molecule has 0 spiro atoms. The van der Waals surface area contributed by atoms with Gasteiger partial charge in [0.05, 0.1) is 5.69 Å². The van der Waals surface area contributed by atoms with E-state index in [9.17, 15) is 31.1 Å². The number of hydrogen-bond donors (Lipinski definition) is 0.